The Hall–Kier alpha value is -3.77. The van der Waals surface area contributed by atoms with Crippen molar-refractivity contribution >= 4 is 39.1 Å². The summed E-state index contributed by atoms with van der Waals surface area (Å²) in [6.45, 7) is 3.14. The molecule has 1 heterocycles. The van der Waals surface area contributed by atoms with Crippen molar-refractivity contribution in [2.24, 2.45) is 5.14 Å². The molecule has 10 nitrogen and oxygen atoms in total. The van der Waals surface area contributed by atoms with E-state index in [4.69, 9.17) is 9.88 Å². The van der Waals surface area contributed by atoms with Crippen LogP contribution in [0.3, 0.4) is 0 Å². The molecule has 0 bridgehead atoms. The van der Waals surface area contributed by atoms with Crippen molar-refractivity contribution in [1.29, 1.82) is 0 Å². The zero-order valence-corrected chi connectivity index (χ0v) is 19.9. The van der Waals surface area contributed by atoms with E-state index in [9.17, 15) is 17.6 Å². The smallest absolute Gasteiger partial charge is 0.259 e. The third-order valence-electron chi connectivity index (χ3n) is 4.77. The molecule has 0 radical (unpaired) electrons. The number of anilines is 4. The van der Waals surface area contributed by atoms with E-state index in [1.165, 1.54) is 23.1 Å². The standard InChI is InChI=1S/C22H25FN6O4S/c1-13-5-6-16(10-19(13)34(24,31)32)27-22-25-11-14(2)21(28-22)26-15-7-8-18(17(23)9-15)33-12-20(30)29(3)4/h5-11H,12H2,1-4H3,(H2,24,31,32)(H2,25,26,27,28). The lowest BCUT2D eigenvalue weighted by molar-refractivity contribution is -0.130. The number of rotatable bonds is 8. The van der Waals surface area contributed by atoms with Crippen molar-refractivity contribution in [2.45, 2.75) is 18.7 Å². The van der Waals surface area contributed by atoms with Gasteiger partial charge in [0.15, 0.2) is 18.2 Å². The average Bonchev–Trinajstić information content (AvgIpc) is 2.75. The average molecular weight is 489 g/mol. The molecule has 180 valence electrons. The van der Waals surface area contributed by atoms with Crippen molar-refractivity contribution < 1.29 is 22.3 Å². The van der Waals surface area contributed by atoms with Gasteiger partial charge in [0.2, 0.25) is 16.0 Å². The number of carbonyl (C=O) groups is 1. The van der Waals surface area contributed by atoms with E-state index < -0.39 is 15.8 Å². The van der Waals surface area contributed by atoms with Crippen molar-refractivity contribution in [3.8, 4) is 5.75 Å². The molecule has 34 heavy (non-hydrogen) atoms. The molecule has 4 N–H and O–H groups in total. The van der Waals surface area contributed by atoms with Crippen LogP contribution in [-0.2, 0) is 14.8 Å². The van der Waals surface area contributed by atoms with Gasteiger partial charge in [-0.05, 0) is 43.7 Å². The Morgan fingerprint density at radius 2 is 1.76 bits per heavy atom. The number of sulfonamides is 1. The van der Waals surface area contributed by atoms with Gasteiger partial charge in [-0.15, -0.1) is 0 Å². The SMILES string of the molecule is Cc1ccc(Nc2ncc(C)c(Nc3ccc(OCC(=O)N(C)C)c(F)c3)n2)cc1S(N)(=O)=O. The van der Waals surface area contributed by atoms with E-state index >= 15 is 0 Å². The normalized spacial score (nSPS) is 11.1. The highest BCUT2D eigenvalue weighted by atomic mass is 32.2. The molecule has 0 fully saturated rings. The summed E-state index contributed by atoms with van der Waals surface area (Å²) >= 11 is 0. The van der Waals surface area contributed by atoms with Crippen LogP contribution in [0.4, 0.5) is 27.5 Å². The first-order chi connectivity index (χ1) is 15.9. The van der Waals surface area contributed by atoms with Crippen molar-refractivity contribution in [1.82, 2.24) is 14.9 Å². The Morgan fingerprint density at radius 3 is 2.41 bits per heavy atom. The number of nitrogens with one attached hydrogen (secondary N) is 2. The van der Waals surface area contributed by atoms with Gasteiger partial charge in [-0.3, -0.25) is 4.79 Å². The van der Waals surface area contributed by atoms with E-state index in [-0.39, 0.29) is 29.1 Å². The summed E-state index contributed by atoms with van der Waals surface area (Å²) in [5, 5.41) is 11.2. The van der Waals surface area contributed by atoms with Gasteiger partial charge < -0.3 is 20.3 Å². The quantitative estimate of drug-likeness (QED) is 0.440. The van der Waals surface area contributed by atoms with Crippen LogP contribution in [-0.4, -0.2) is 49.9 Å². The zero-order valence-electron chi connectivity index (χ0n) is 19.1. The molecule has 0 unspecified atom stereocenters. The first-order valence-electron chi connectivity index (χ1n) is 10.1. The molecule has 0 atom stereocenters. The predicted octanol–water partition coefficient (Wildman–Crippen LogP) is 2.83. The number of ether oxygens (including phenoxy) is 1. The molecule has 1 amide bonds. The fourth-order valence-electron chi connectivity index (χ4n) is 2.84. The number of halogens is 1. The Morgan fingerprint density at radius 1 is 1.09 bits per heavy atom. The maximum absolute atomic E-state index is 14.4. The fraction of sp³-hybridized carbons (Fsp3) is 0.227. The Labute approximate surface area is 197 Å². The number of amides is 1. The molecule has 3 rings (SSSR count). The van der Waals surface area contributed by atoms with Crippen molar-refractivity contribution in [3.63, 3.8) is 0 Å². The van der Waals surface area contributed by atoms with Gasteiger partial charge in [0.05, 0.1) is 4.90 Å². The highest BCUT2D eigenvalue weighted by molar-refractivity contribution is 7.89. The van der Waals surface area contributed by atoms with Crippen LogP contribution in [0.1, 0.15) is 11.1 Å². The molecule has 2 aromatic carbocycles. The maximum atomic E-state index is 14.4. The predicted molar refractivity (Wildman–Crippen MR) is 126 cm³/mol. The summed E-state index contributed by atoms with van der Waals surface area (Å²) in [5.74, 6) is -0.376. The summed E-state index contributed by atoms with van der Waals surface area (Å²) in [7, 11) is -0.718. The number of nitrogens with two attached hydrogens (primary N) is 1. The van der Waals surface area contributed by atoms with Crippen LogP contribution in [0.15, 0.2) is 47.5 Å². The number of carbonyl (C=O) groups excluding carboxylic acids is 1. The van der Waals surface area contributed by atoms with Crippen LogP contribution < -0.4 is 20.5 Å². The van der Waals surface area contributed by atoms with Crippen LogP contribution in [0.5, 0.6) is 5.75 Å². The Bertz CT molecular complexity index is 1330. The molecule has 0 aliphatic heterocycles. The van der Waals surface area contributed by atoms with Crippen LogP contribution in [0.25, 0.3) is 0 Å². The first-order valence-corrected chi connectivity index (χ1v) is 11.6. The number of primary sulfonamides is 1. The molecule has 3 aromatic rings. The summed E-state index contributed by atoms with van der Waals surface area (Å²) in [4.78, 5) is 21.6. The third kappa shape index (κ3) is 6.17. The number of aryl methyl sites for hydroxylation is 2. The van der Waals surface area contributed by atoms with Crippen LogP contribution in [0, 0.1) is 19.7 Å². The molecule has 0 aliphatic carbocycles. The summed E-state index contributed by atoms with van der Waals surface area (Å²) in [6, 6.07) is 8.92. The van der Waals surface area contributed by atoms with Gasteiger partial charge >= 0.3 is 0 Å². The minimum Gasteiger partial charge on any atom is -0.481 e. The zero-order chi connectivity index (χ0) is 25.0. The first kappa shape index (κ1) is 24.9. The number of aromatic nitrogens is 2. The molecular formula is C22H25FN6O4S. The van der Waals surface area contributed by atoms with E-state index in [0.29, 0.717) is 28.3 Å². The number of likely N-dealkylation sites (N-methyl/N-ethyl adjacent to an activating group) is 1. The van der Waals surface area contributed by atoms with Crippen LogP contribution in [0.2, 0.25) is 0 Å². The van der Waals surface area contributed by atoms with Gasteiger partial charge in [0.25, 0.3) is 5.91 Å². The van der Waals surface area contributed by atoms with E-state index in [2.05, 4.69) is 20.6 Å². The lowest BCUT2D eigenvalue weighted by atomic mass is 10.2. The van der Waals surface area contributed by atoms with Gasteiger partial charge in [-0.2, -0.15) is 4.98 Å². The minimum atomic E-state index is -3.88. The van der Waals surface area contributed by atoms with E-state index in [1.807, 2.05) is 0 Å². The summed E-state index contributed by atoms with van der Waals surface area (Å²) in [6.07, 6.45) is 1.56. The van der Waals surface area contributed by atoms with Gasteiger partial charge in [-0.25, -0.2) is 22.9 Å². The van der Waals surface area contributed by atoms with Gasteiger partial charge in [-0.1, -0.05) is 6.07 Å². The highest BCUT2D eigenvalue weighted by Gasteiger charge is 2.14. The third-order valence-corrected chi connectivity index (χ3v) is 5.82. The second-order valence-electron chi connectivity index (χ2n) is 7.72. The maximum Gasteiger partial charge on any atom is 0.259 e. The number of hydrogen-bond donors (Lipinski definition) is 3. The molecule has 12 heteroatoms. The van der Waals surface area contributed by atoms with E-state index in [1.54, 1.807) is 52.3 Å². The molecule has 0 spiro atoms. The summed E-state index contributed by atoms with van der Waals surface area (Å²) < 4.78 is 43.2. The number of hydrogen-bond acceptors (Lipinski definition) is 8. The summed E-state index contributed by atoms with van der Waals surface area (Å²) in [5.41, 5.74) is 2.05. The van der Waals surface area contributed by atoms with Gasteiger partial charge in [0.1, 0.15) is 5.82 Å². The van der Waals surface area contributed by atoms with Crippen molar-refractivity contribution in [2.75, 3.05) is 31.3 Å². The topological polar surface area (TPSA) is 140 Å². The lowest BCUT2D eigenvalue weighted by Gasteiger charge is -2.14. The van der Waals surface area contributed by atoms with Gasteiger partial charge in [0, 0.05) is 43.3 Å². The number of nitrogens with zero attached hydrogens (tertiary/aromatic N) is 3. The Balaban J connectivity index is 1.77. The highest BCUT2D eigenvalue weighted by Crippen LogP contribution is 2.26. The molecule has 0 aliphatic rings. The molecule has 1 aromatic heterocycles. The molecule has 0 saturated heterocycles. The molecule has 0 saturated carbocycles. The second-order valence-corrected chi connectivity index (χ2v) is 9.25. The minimum absolute atomic E-state index is 0.00646. The lowest BCUT2D eigenvalue weighted by Crippen LogP contribution is -2.27. The van der Waals surface area contributed by atoms with E-state index in [0.717, 1.165) is 0 Å². The fourth-order valence-corrected chi connectivity index (χ4v) is 3.65. The van der Waals surface area contributed by atoms with Crippen LogP contribution >= 0.6 is 0 Å². The molecular weight excluding hydrogens is 463 g/mol. The van der Waals surface area contributed by atoms with Crippen molar-refractivity contribution in [3.05, 3.63) is 59.5 Å². The Kier molecular flexibility index (Phi) is 7.32. The number of benzene rings is 2. The largest absolute Gasteiger partial charge is 0.481 e. The second kappa shape index (κ2) is 10.0. The monoisotopic (exact) mass is 488 g/mol.